The lowest BCUT2D eigenvalue weighted by Crippen LogP contribution is -2.37. The van der Waals surface area contributed by atoms with Crippen LogP contribution >= 0.6 is 24.0 Å². The summed E-state index contributed by atoms with van der Waals surface area (Å²) in [5.41, 5.74) is 1.17. The fourth-order valence-electron chi connectivity index (χ4n) is 2.27. The maximum Gasteiger partial charge on any atom is 0.191 e. The van der Waals surface area contributed by atoms with Crippen molar-refractivity contribution in [3.8, 4) is 0 Å². The quantitative estimate of drug-likeness (QED) is 0.294. The topological polar surface area (TPSA) is 36.4 Å². The van der Waals surface area contributed by atoms with Gasteiger partial charge in [0.15, 0.2) is 5.96 Å². The van der Waals surface area contributed by atoms with Crippen molar-refractivity contribution >= 4 is 29.9 Å². The summed E-state index contributed by atoms with van der Waals surface area (Å²) < 4.78 is 39.8. The molecule has 0 bridgehead atoms. The molecule has 0 unspecified atom stereocenters. The highest BCUT2D eigenvalue weighted by atomic mass is 127. The predicted octanol–water partition coefficient (Wildman–Crippen LogP) is 4.02. The Kier molecular flexibility index (Phi) is 9.33. The number of hydrogen-bond donors (Lipinski definition) is 2. The number of halogens is 4. The molecule has 2 rings (SSSR count). The summed E-state index contributed by atoms with van der Waals surface area (Å²) >= 11 is 0. The lowest BCUT2D eigenvalue weighted by atomic mass is 10.1. The van der Waals surface area contributed by atoms with Crippen LogP contribution in [0.5, 0.6) is 0 Å². The van der Waals surface area contributed by atoms with Crippen LogP contribution in [0.15, 0.2) is 47.5 Å². The van der Waals surface area contributed by atoms with Gasteiger partial charge in [0.25, 0.3) is 0 Å². The van der Waals surface area contributed by atoms with E-state index >= 15 is 0 Å². The van der Waals surface area contributed by atoms with Gasteiger partial charge in [0.1, 0.15) is 17.5 Å². The lowest BCUT2D eigenvalue weighted by molar-refractivity contribution is 0.581. The number of aryl methyl sites for hydroxylation is 1. The SMILES string of the molecule is CN=C(NCCCc1cccc(F)c1)NCc1cc(F)ccc1F.I. The summed E-state index contributed by atoms with van der Waals surface area (Å²) in [5.74, 6) is -0.690. The van der Waals surface area contributed by atoms with Crippen LogP contribution < -0.4 is 10.6 Å². The maximum atomic E-state index is 13.6. The highest BCUT2D eigenvalue weighted by Gasteiger charge is 2.05. The minimum atomic E-state index is -0.480. The largest absolute Gasteiger partial charge is 0.356 e. The third kappa shape index (κ3) is 7.33. The predicted molar refractivity (Wildman–Crippen MR) is 105 cm³/mol. The Labute approximate surface area is 162 Å². The summed E-state index contributed by atoms with van der Waals surface area (Å²) in [6.45, 7) is 0.759. The molecule has 2 N–H and O–H groups in total. The molecular formula is C18H21F3IN3. The molecule has 0 aliphatic heterocycles. The van der Waals surface area contributed by atoms with E-state index in [-0.39, 0.29) is 41.9 Å². The number of nitrogens with one attached hydrogen (secondary N) is 2. The van der Waals surface area contributed by atoms with Crippen molar-refractivity contribution in [2.24, 2.45) is 4.99 Å². The van der Waals surface area contributed by atoms with E-state index in [4.69, 9.17) is 0 Å². The Bertz CT molecular complexity index is 708. The van der Waals surface area contributed by atoms with E-state index in [0.29, 0.717) is 12.5 Å². The average molecular weight is 463 g/mol. The standard InChI is InChI=1S/C18H20F3N3.HI/c1-22-18(24-12-14-11-16(20)7-8-17(14)21)23-9-3-5-13-4-2-6-15(19)10-13;/h2,4,6-8,10-11H,3,5,9,12H2,1H3,(H2,22,23,24);1H. The van der Waals surface area contributed by atoms with Gasteiger partial charge >= 0.3 is 0 Å². The first-order chi connectivity index (χ1) is 11.6. The first-order valence-corrected chi connectivity index (χ1v) is 7.71. The molecular weight excluding hydrogens is 442 g/mol. The molecule has 0 fully saturated rings. The van der Waals surface area contributed by atoms with E-state index in [9.17, 15) is 13.2 Å². The van der Waals surface area contributed by atoms with Crippen LogP contribution in [0, 0.1) is 17.5 Å². The van der Waals surface area contributed by atoms with Gasteiger partial charge in [-0.1, -0.05) is 12.1 Å². The minimum Gasteiger partial charge on any atom is -0.356 e. The molecule has 0 heterocycles. The van der Waals surface area contributed by atoms with Gasteiger partial charge in [-0.05, 0) is 48.7 Å². The van der Waals surface area contributed by atoms with Crippen molar-refractivity contribution in [3.05, 3.63) is 71.0 Å². The number of rotatable bonds is 6. The molecule has 0 aliphatic carbocycles. The smallest absolute Gasteiger partial charge is 0.191 e. The van der Waals surface area contributed by atoms with E-state index in [1.807, 2.05) is 6.07 Å². The second kappa shape index (κ2) is 11.0. The van der Waals surface area contributed by atoms with Crippen molar-refractivity contribution in [1.82, 2.24) is 10.6 Å². The van der Waals surface area contributed by atoms with Crippen LogP contribution in [0.4, 0.5) is 13.2 Å². The molecule has 3 nitrogen and oxygen atoms in total. The Morgan fingerprint density at radius 3 is 2.48 bits per heavy atom. The molecule has 0 saturated heterocycles. The Balaban J connectivity index is 0.00000312. The molecule has 7 heteroatoms. The maximum absolute atomic E-state index is 13.6. The summed E-state index contributed by atoms with van der Waals surface area (Å²) in [7, 11) is 1.60. The van der Waals surface area contributed by atoms with Gasteiger partial charge in [0.2, 0.25) is 0 Å². The zero-order valence-corrected chi connectivity index (χ0v) is 16.2. The van der Waals surface area contributed by atoms with Crippen LogP contribution in [-0.2, 0) is 13.0 Å². The molecule has 0 atom stereocenters. The van der Waals surface area contributed by atoms with Crippen molar-refractivity contribution in [1.29, 1.82) is 0 Å². The van der Waals surface area contributed by atoms with E-state index in [1.165, 1.54) is 12.1 Å². The van der Waals surface area contributed by atoms with Crippen LogP contribution in [0.25, 0.3) is 0 Å². The number of guanidine groups is 1. The van der Waals surface area contributed by atoms with E-state index in [2.05, 4.69) is 15.6 Å². The van der Waals surface area contributed by atoms with Crippen molar-refractivity contribution in [2.45, 2.75) is 19.4 Å². The summed E-state index contributed by atoms with van der Waals surface area (Å²) in [4.78, 5) is 4.03. The third-order valence-corrected chi connectivity index (χ3v) is 3.50. The van der Waals surface area contributed by atoms with Crippen LogP contribution in [0.1, 0.15) is 17.5 Å². The minimum absolute atomic E-state index is 0. The Hall–Kier alpha value is -1.77. The number of benzene rings is 2. The monoisotopic (exact) mass is 463 g/mol. The van der Waals surface area contributed by atoms with Crippen LogP contribution in [0.2, 0.25) is 0 Å². The second-order valence-corrected chi connectivity index (χ2v) is 5.32. The molecule has 136 valence electrons. The summed E-state index contributed by atoms with van der Waals surface area (Å²) in [5, 5.41) is 6.02. The lowest BCUT2D eigenvalue weighted by Gasteiger charge is -2.12. The molecule has 0 amide bonds. The normalized spacial score (nSPS) is 11.0. The van der Waals surface area contributed by atoms with Crippen molar-refractivity contribution in [3.63, 3.8) is 0 Å². The van der Waals surface area contributed by atoms with E-state index in [0.717, 1.165) is 36.6 Å². The molecule has 0 saturated carbocycles. The molecule has 2 aromatic rings. The first-order valence-electron chi connectivity index (χ1n) is 7.71. The highest BCUT2D eigenvalue weighted by molar-refractivity contribution is 14.0. The van der Waals surface area contributed by atoms with Gasteiger partial charge in [-0.15, -0.1) is 24.0 Å². The van der Waals surface area contributed by atoms with Gasteiger partial charge in [0, 0.05) is 25.7 Å². The van der Waals surface area contributed by atoms with E-state index in [1.54, 1.807) is 13.1 Å². The van der Waals surface area contributed by atoms with Gasteiger partial charge < -0.3 is 10.6 Å². The summed E-state index contributed by atoms with van der Waals surface area (Å²) in [6, 6.07) is 9.83. The Morgan fingerprint density at radius 2 is 1.76 bits per heavy atom. The molecule has 0 aliphatic rings. The fraction of sp³-hybridized carbons (Fsp3) is 0.278. The highest BCUT2D eigenvalue weighted by Crippen LogP contribution is 2.09. The van der Waals surface area contributed by atoms with Gasteiger partial charge in [0.05, 0.1) is 0 Å². The zero-order valence-electron chi connectivity index (χ0n) is 13.9. The number of nitrogens with zero attached hydrogens (tertiary/aromatic N) is 1. The number of aliphatic imine (C=N–C) groups is 1. The molecule has 0 aromatic heterocycles. The van der Waals surface area contributed by atoms with Crippen molar-refractivity contribution < 1.29 is 13.2 Å². The summed E-state index contributed by atoms with van der Waals surface area (Å²) in [6.07, 6.45) is 1.53. The molecule has 25 heavy (non-hydrogen) atoms. The van der Waals surface area contributed by atoms with Gasteiger partial charge in [-0.3, -0.25) is 4.99 Å². The van der Waals surface area contributed by atoms with Gasteiger partial charge in [-0.25, -0.2) is 13.2 Å². The Morgan fingerprint density at radius 1 is 1.00 bits per heavy atom. The molecule has 2 aromatic carbocycles. The zero-order chi connectivity index (χ0) is 17.4. The number of hydrogen-bond acceptors (Lipinski definition) is 1. The van der Waals surface area contributed by atoms with Crippen LogP contribution in [-0.4, -0.2) is 19.6 Å². The molecule has 0 spiro atoms. The van der Waals surface area contributed by atoms with Gasteiger partial charge in [-0.2, -0.15) is 0 Å². The first kappa shape index (κ1) is 21.3. The average Bonchev–Trinajstić information content (AvgIpc) is 2.57. The molecule has 0 radical (unpaired) electrons. The van der Waals surface area contributed by atoms with E-state index < -0.39 is 11.6 Å². The third-order valence-electron chi connectivity index (χ3n) is 3.50. The van der Waals surface area contributed by atoms with Crippen LogP contribution in [0.3, 0.4) is 0 Å². The second-order valence-electron chi connectivity index (χ2n) is 5.32. The fourth-order valence-corrected chi connectivity index (χ4v) is 2.27. The van der Waals surface area contributed by atoms with Crippen molar-refractivity contribution in [2.75, 3.05) is 13.6 Å².